The summed E-state index contributed by atoms with van der Waals surface area (Å²) in [6.07, 6.45) is 0. The van der Waals surface area contributed by atoms with E-state index in [1.54, 1.807) is 0 Å². The van der Waals surface area contributed by atoms with E-state index in [9.17, 15) is 0 Å². The Morgan fingerprint density at radius 2 is 1.75 bits per heavy atom. The highest BCUT2D eigenvalue weighted by Crippen LogP contribution is 2.26. The fourth-order valence-electron chi connectivity index (χ4n) is 1.55. The molecule has 1 aromatic carbocycles. The SMILES string of the molecule is Cc1cc(N)c(N)nc1-c1ccc(Cl)cc1. The quantitative estimate of drug-likeness (QED) is 0.796. The molecule has 0 bridgehead atoms. The summed E-state index contributed by atoms with van der Waals surface area (Å²) in [6, 6.07) is 9.29. The predicted octanol–water partition coefficient (Wildman–Crippen LogP) is 2.87. The predicted molar refractivity (Wildman–Crippen MR) is 68.2 cm³/mol. The Hall–Kier alpha value is -1.74. The maximum atomic E-state index is 5.83. The summed E-state index contributed by atoms with van der Waals surface area (Å²) in [4.78, 5) is 4.28. The number of nitrogen functional groups attached to an aromatic ring is 2. The van der Waals surface area contributed by atoms with Gasteiger partial charge in [0.25, 0.3) is 0 Å². The van der Waals surface area contributed by atoms with Gasteiger partial charge in [-0.1, -0.05) is 23.7 Å². The third-order valence-corrected chi connectivity index (χ3v) is 2.64. The second kappa shape index (κ2) is 4.02. The third-order valence-electron chi connectivity index (χ3n) is 2.39. The maximum Gasteiger partial charge on any atom is 0.147 e. The van der Waals surface area contributed by atoms with Crippen LogP contribution in [-0.2, 0) is 0 Å². The maximum absolute atomic E-state index is 5.83. The van der Waals surface area contributed by atoms with Gasteiger partial charge in [0.15, 0.2) is 0 Å². The summed E-state index contributed by atoms with van der Waals surface area (Å²) in [5.41, 5.74) is 14.7. The van der Waals surface area contributed by atoms with Crippen molar-refractivity contribution in [1.82, 2.24) is 4.98 Å². The van der Waals surface area contributed by atoms with Crippen LogP contribution in [0.1, 0.15) is 5.56 Å². The minimum atomic E-state index is 0.357. The molecule has 1 aromatic heterocycles. The first-order valence-corrected chi connectivity index (χ1v) is 5.24. The molecular weight excluding hydrogens is 222 g/mol. The first-order valence-electron chi connectivity index (χ1n) is 4.86. The first-order chi connectivity index (χ1) is 7.58. The molecule has 0 aliphatic heterocycles. The Bertz CT molecular complexity index is 521. The number of nitrogens with two attached hydrogens (primary N) is 2. The van der Waals surface area contributed by atoms with Crippen LogP contribution in [0.2, 0.25) is 5.02 Å². The molecule has 0 saturated heterocycles. The Morgan fingerprint density at radius 3 is 2.38 bits per heavy atom. The average molecular weight is 234 g/mol. The van der Waals surface area contributed by atoms with Gasteiger partial charge in [-0.05, 0) is 30.7 Å². The fourth-order valence-corrected chi connectivity index (χ4v) is 1.67. The lowest BCUT2D eigenvalue weighted by Crippen LogP contribution is -2.00. The molecule has 4 heteroatoms. The van der Waals surface area contributed by atoms with Crippen molar-refractivity contribution < 1.29 is 0 Å². The molecule has 16 heavy (non-hydrogen) atoms. The van der Waals surface area contributed by atoms with Crippen LogP contribution in [0.25, 0.3) is 11.3 Å². The highest BCUT2D eigenvalue weighted by atomic mass is 35.5. The minimum Gasteiger partial charge on any atom is -0.396 e. The van der Waals surface area contributed by atoms with Crippen molar-refractivity contribution in [3.63, 3.8) is 0 Å². The van der Waals surface area contributed by atoms with Crippen molar-refractivity contribution in [2.45, 2.75) is 6.92 Å². The molecule has 0 amide bonds. The topological polar surface area (TPSA) is 64.9 Å². The Morgan fingerprint density at radius 1 is 1.12 bits per heavy atom. The normalized spacial score (nSPS) is 10.4. The van der Waals surface area contributed by atoms with Gasteiger partial charge in [0, 0.05) is 10.6 Å². The molecule has 0 radical (unpaired) electrons. The van der Waals surface area contributed by atoms with Crippen molar-refractivity contribution in [1.29, 1.82) is 0 Å². The summed E-state index contributed by atoms with van der Waals surface area (Å²) < 4.78 is 0. The summed E-state index contributed by atoms with van der Waals surface area (Å²) in [5.74, 6) is 0.357. The average Bonchev–Trinajstić information content (AvgIpc) is 2.25. The second-order valence-electron chi connectivity index (χ2n) is 3.64. The van der Waals surface area contributed by atoms with Gasteiger partial charge in [-0.2, -0.15) is 0 Å². The van der Waals surface area contributed by atoms with E-state index in [1.165, 1.54) is 0 Å². The van der Waals surface area contributed by atoms with Crippen molar-refractivity contribution >= 4 is 23.1 Å². The van der Waals surface area contributed by atoms with Crippen molar-refractivity contribution in [3.8, 4) is 11.3 Å². The molecule has 0 aliphatic rings. The standard InChI is InChI=1S/C12H12ClN3/c1-7-6-10(14)12(15)16-11(7)8-2-4-9(13)5-3-8/h2-6H,14H2,1H3,(H2,15,16). The highest BCUT2D eigenvalue weighted by molar-refractivity contribution is 6.30. The largest absolute Gasteiger partial charge is 0.396 e. The van der Waals surface area contributed by atoms with Gasteiger partial charge in [-0.25, -0.2) is 4.98 Å². The molecule has 0 saturated carbocycles. The van der Waals surface area contributed by atoms with Gasteiger partial charge in [0.2, 0.25) is 0 Å². The van der Waals surface area contributed by atoms with E-state index in [1.807, 2.05) is 37.3 Å². The number of aromatic nitrogens is 1. The molecule has 2 rings (SSSR count). The number of nitrogens with zero attached hydrogens (tertiary/aromatic N) is 1. The zero-order chi connectivity index (χ0) is 11.7. The van der Waals surface area contributed by atoms with E-state index in [0.717, 1.165) is 16.8 Å². The van der Waals surface area contributed by atoms with E-state index < -0.39 is 0 Å². The van der Waals surface area contributed by atoms with E-state index in [2.05, 4.69) is 4.98 Å². The molecule has 0 spiro atoms. The summed E-state index contributed by atoms with van der Waals surface area (Å²) in [6.45, 7) is 1.95. The van der Waals surface area contributed by atoms with Gasteiger partial charge in [0.1, 0.15) is 5.82 Å². The lowest BCUT2D eigenvalue weighted by molar-refractivity contribution is 1.28. The van der Waals surface area contributed by atoms with Crippen LogP contribution in [0.4, 0.5) is 11.5 Å². The molecule has 1 heterocycles. The highest BCUT2D eigenvalue weighted by Gasteiger charge is 2.06. The summed E-state index contributed by atoms with van der Waals surface area (Å²) in [7, 11) is 0. The molecule has 0 atom stereocenters. The van der Waals surface area contributed by atoms with Crippen LogP contribution >= 0.6 is 11.6 Å². The first kappa shape index (κ1) is 10.8. The van der Waals surface area contributed by atoms with Crippen LogP contribution in [0, 0.1) is 6.92 Å². The van der Waals surface area contributed by atoms with Gasteiger partial charge in [-0.15, -0.1) is 0 Å². The molecule has 0 aliphatic carbocycles. The van der Waals surface area contributed by atoms with E-state index in [-0.39, 0.29) is 0 Å². The Labute approximate surface area is 99.1 Å². The smallest absolute Gasteiger partial charge is 0.147 e. The number of pyridine rings is 1. The lowest BCUT2D eigenvalue weighted by atomic mass is 10.1. The third kappa shape index (κ3) is 1.95. The van der Waals surface area contributed by atoms with Gasteiger partial charge < -0.3 is 11.5 Å². The van der Waals surface area contributed by atoms with Crippen LogP contribution in [0.15, 0.2) is 30.3 Å². The molecule has 4 N–H and O–H groups in total. The van der Waals surface area contributed by atoms with Gasteiger partial charge >= 0.3 is 0 Å². The lowest BCUT2D eigenvalue weighted by Gasteiger charge is -2.08. The zero-order valence-electron chi connectivity index (χ0n) is 8.87. The van der Waals surface area contributed by atoms with Crippen LogP contribution in [0.3, 0.4) is 0 Å². The molecule has 3 nitrogen and oxygen atoms in total. The molecule has 0 fully saturated rings. The second-order valence-corrected chi connectivity index (χ2v) is 4.07. The summed E-state index contributed by atoms with van der Waals surface area (Å²) in [5, 5.41) is 0.699. The Balaban J connectivity index is 2.56. The Kier molecular flexibility index (Phi) is 2.71. The number of hydrogen-bond acceptors (Lipinski definition) is 3. The number of halogens is 1. The van der Waals surface area contributed by atoms with Crippen LogP contribution < -0.4 is 11.5 Å². The number of benzene rings is 1. The van der Waals surface area contributed by atoms with E-state index in [0.29, 0.717) is 16.5 Å². The zero-order valence-corrected chi connectivity index (χ0v) is 9.62. The van der Waals surface area contributed by atoms with Gasteiger partial charge in [-0.3, -0.25) is 0 Å². The number of rotatable bonds is 1. The van der Waals surface area contributed by atoms with Gasteiger partial charge in [0.05, 0.1) is 11.4 Å². The summed E-state index contributed by atoms with van der Waals surface area (Å²) >= 11 is 5.83. The number of anilines is 2. The van der Waals surface area contributed by atoms with Crippen LogP contribution in [0.5, 0.6) is 0 Å². The molecule has 2 aromatic rings. The molecule has 82 valence electrons. The fraction of sp³-hybridized carbons (Fsp3) is 0.0833. The number of hydrogen-bond donors (Lipinski definition) is 2. The number of aryl methyl sites for hydroxylation is 1. The van der Waals surface area contributed by atoms with E-state index in [4.69, 9.17) is 23.1 Å². The van der Waals surface area contributed by atoms with Crippen molar-refractivity contribution in [3.05, 3.63) is 40.9 Å². The molecule has 0 unspecified atom stereocenters. The monoisotopic (exact) mass is 233 g/mol. The molecular formula is C12H12ClN3. The van der Waals surface area contributed by atoms with Crippen LogP contribution in [-0.4, -0.2) is 4.98 Å². The minimum absolute atomic E-state index is 0.357. The van der Waals surface area contributed by atoms with Crippen molar-refractivity contribution in [2.75, 3.05) is 11.5 Å². The van der Waals surface area contributed by atoms with E-state index >= 15 is 0 Å². The van der Waals surface area contributed by atoms with Crippen molar-refractivity contribution in [2.24, 2.45) is 0 Å².